The van der Waals surface area contributed by atoms with E-state index in [1.54, 1.807) is 4.90 Å². The standard InChI is InChI=1S/C10H16N4O2/c11-9-4-8(12-13-9)10(16)14-3-1-2-7(5-14)6-15/h4,7,15H,1-3,5-6H2,(H3,11,12,13). The van der Waals surface area contributed by atoms with Crippen molar-refractivity contribution < 1.29 is 9.90 Å². The number of nitrogens with zero attached hydrogens (tertiary/aromatic N) is 2. The van der Waals surface area contributed by atoms with Gasteiger partial charge < -0.3 is 15.7 Å². The lowest BCUT2D eigenvalue weighted by atomic mass is 9.99. The van der Waals surface area contributed by atoms with Crippen molar-refractivity contribution in [1.29, 1.82) is 0 Å². The van der Waals surface area contributed by atoms with Crippen LogP contribution in [0.4, 0.5) is 5.82 Å². The second-order valence-corrected chi connectivity index (χ2v) is 4.15. The van der Waals surface area contributed by atoms with Crippen molar-refractivity contribution in [3.8, 4) is 0 Å². The van der Waals surface area contributed by atoms with E-state index < -0.39 is 0 Å². The van der Waals surface area contributed by atoms with Crippen LogP contribution in [-0.2, 0) is 0 Å². The van der Waals surface area contributed by atoms with Gasteiger partial charge in [0.15, 0.2) is 0 Å². The Balaban J connectivity index is 2.04. The minimum atomic E-state index is -0.0950. The number of hydrogen-bond acceptors (Lipinski definition) is 4. The number of nitrogens with one attached hydrogen (secondary N) is 1. The number of nitrogens with two attached hydrogens (primary N) is 1. The van der Waals surface area contributed by atoms with Crippen LogP contribution in [0.15, 0.2) is 6.07 Å². The van der Waals surface area contributed by atoms with Crippen LogP contribution in [0.25, 0.3) is 0 Å². The second-order valence-electron chi connectivity index (χ2n) is 4.15. The Kier molecular flexibility index (Phi) is 3.09. The minimum Gasteiger partial charge on any atom is -0.396 e. The Hall–Kier alpha value is -1.56. The van der Waals surface area contributed by atoms with E-state index >= 15 is 0 Å². The molecule has 2 rings (SSSR count). The number of carbonyl (C=O) groups excluding carboxylic acids is 1. The Bertz CT molecular complexity index is 377. The molecular weight excluding hydrogens is 208 g/mol. The third-order valence-corrected chi connectivity index (χ3v) is 2.89. The summed E-state index contributed by atoms with van der Waals surface area (Å²) in [5.74, 6) is 0.416. The van der Waals surface area contributed by atoms with Gasteiger partial charge in [-0.2, -0.15) is 5.10 Å². The fourth-order valence-electron chi connectivity index (χ4n) is 2.02. The maximum absolute atomic E-state index is 12.0. The molecule has 0 spiro atoms. The van der Waals surface area contributed by atoms with Crippen LogP contribution in [-0.4, -0.2) is 45.8 Å². The normalized spacial score (nSPS) is 21.1. The SMILES string of the molecule is Nc1cc(C(=O)N2CCCC(CO)C2)[nH]n1. The number of aliphatic hydroxyl groups excluding tert-OH is 1. The van der Waals surface area contributed by atoms with Gasteiger partial charge in [-0.1, -0.05) is 0 Å². The molecule has 1 aliphatic rings. The molecule has 1 fully saturated rings. The first-order valence-electron chi connectivity index (χ1n) is 5.41. The van der Waals surface area contributed by atoms with Gasteiger partial charge in [0.1, 0.15) is 11.5 Å². The summed E-state index contributed by atoms with van der Waals surface area (Å²) < 4.78 is 0. The van der Waals surface area contributed by atoms with Crippen LogP contribution in [0.3, 0.4) is 0 Å². The number of amides is 1. The third kappa shape index (κ3) is 2.16. The number of aliphatic hydroxyl groups is 1. The molecule has 1 amide bonds. The molecular formula is C10H16N4O2. The summed E-state index contributed by atoms with van der Waals surface area (Å²) in [6.45, 7) is 1.47. The smallest absolute Gasteiger partial charge is 0.271 e. The largest absolute Gasteiger partial charge is 0.396 e. The van der Waals surface area contributed by atoms with Crippen LogP contribution < -0.4 is 5.73 Å². The van der Waals surface area contributed by atoms with E-state index in [4.69, 9.17) is 10.8 Å². The molecule has 1 aliphatic heterocycles. The van der Waals surface area contributed by atoms with Crippen LogP contribution in [0, 0.1) is 5.92 Å². The molecule has 0 aromatic carbocycles. The highest BCUT2D eigenvalue weighted by molar-refractivity contribution is 5.93. The molecule has 6 nitrogen and oxygen atoms in total. The number of aromatic nitrogens is 2. The molecule has 1 aromatic heterocycles. The zero-order chi connectivity index (χ0) is 11.5. The van der Waals surface area contributed by atoms with Gasteiger partial charge in [-0.3, -0.25) is 9.89 Å². The van der Waals surface area contributed by atoms with E-state index in [1.165, 1.54) is 6.07 Å². The fraction of sp³-hybridized carbons (Fsp3) is 0.600. The molecule has 0 bridgehead atoms. The Morgan fingerprint density at radius 3 is 3.19 bits per heavy atom. The predicted octanol–water partition coefficient (Wildman–Crippen LogP) is -0.164. The molecule has 16 heavy (non-hydrogen) atoms. The number of anilines is 1. The number of rotatable bonds is 2. The summed E-state index contributed by atoms with van der Waals surface area (Å²) in [6, 6.07) is 1.53. The zero-order valence-electron chi connectivity index (χ0n) is 9.02. The van der Waals surface area contributed by atoms with Crippen LogP contribution in [0.1, 0.15) is 23.3 Å². The average Bonchev–Trinajstić information content (AvgIpc) is 2.75. The first-order chi connectivity index (χ1) is 7.70. The monoisotopic (exact) mass is 224 g/mol. The van der Waals surface area contributed by atoms with Gasteiger partial charge in [0.25, 0.3) is 5.91 Å². The van der Waals surface area contributed by atoms with Crippen LogP contribution in [0.2, 0.25) is 0 Å². The van der Waals surface area contributed by atoms with Gasteiger partial charge in [0.2, 0.25) is 0 Å². The summed E-state index contributed by atoms with van der Waals surface area (Å²) in [4.78, 5) is 13.7. The highest BCUT2D eigenvalue weighted by Crippen LogP contribution is 2.17. The predicted molar refractivity (Wildman–Crippen MR) is 58.7 cm³/mol. The van der Waals surface area contributed by atoms with Gasteiger partial charge >= 0.3 is 0 Å². The van der Waals surface area contributed by atoms with Crippen molar-refractivity contribution >= 4 is 11.7 Å². The number of hydrogen-bond donors (Lipinski definition) is 3. The topological polar surface area (TPSA) is 95.2 Å². The van der Waals surface area contributed by atoms with Gasteiger partial charge in [-0.25, -0.2) is 0 Å². The molecule has 0 saturated carbocycles. The maximum atomic E-state index is 12.0. The molecule has 6 heteroatoms. The third-order valence-electron chi connectivity index (χ3n) is 2.89. The highest BCUT2D eigenvalue weighted by Gasteiger charge is 2.24. The van der Waals surface area contributed by atoms with E-state index in [2.05, 4.69) is 10.2 Å². The quantitative estimate of drug-likeness (QED) is 0.650. The van der Waals surface area contributed by atoms with Crippen LogP contribution >= 0.6 is 0 Å². The van der Waals surface area contributed by atoms with E-state index in [1.807, 2.05) is 0 Å². The number of nitrogen functional groups attached to an aromatic ring is 1. The number of H-pyrrole nitrogens is 1. The molecule has 1 unspecified atom stereocenters. The van der Waals surface area contributed by atoms with Gasteiger partial charge in [0, 0.05) is 25.8 Å². The lowest BCUT2D eigenvalue weighted by Gasteiger charge is -2.31. The van der Waals surface area contributed by atoms with Gasteiger partial charge in [0.05, 0.1) is 0 Å². The van der Waals surface area contributed by atoms with Crippen molar-refractivity contribution in [2.24, 2.45) is 5.92 Å². The first kappa shape index (κ1) is 10.9. The summed E-state index contributed by atoms with van der Waals surface area (Å²) in [7, 11) is 0. The van der Waals surface area contributed by atoms with Crippen molar-refractivity contribution in [3.63, 3.8) is 0 Å². The number of carbonyl (C=O) groups is 1. The molecule has 0 aliphatic carbocycles. The molecule has 0 radical (unpaired) electrons. The van der Waals surface area contributed by atoms with Crippen LogP contribution in [0.5, 0.6) is 0 Å². The number of piperidine rings is 1. The van der Waals surface area contributed by atoms with Gasteiger partial charge in [-0.15, -0.1) is 0 Å². The summed E-state index contributed by atoms with van der Waals surface area (Å²) >= 11 is 0. The number of aromatic amines is 1. The van der Waals surface area contributed by atoms with Crippen molar-refractivity contribution in [2.75, 3.05) is 25.4 Å². The average molecular weight is 224 g/mol. The van der Waals surface area contributed by atoms with Crippen molar-refractivity contribution in [1.82, 2.24) is 15.1 Å². The second kappa shape index (κ2) is 4.52. The van der Waals surface area contributed by atoms with E-state index in [0.29, 0.717) is 18.1 Å². The zero-order valence-corrected chi connectivity index (χ0v) is 9.02. The molecule has 1 aromatic rings. The molecule has 1 atom stereocenters. The summed E-state index contributed by atoms with van der Waals surface area (Å²) in [6.07, 6.45) is 1.91. The fourth-order valence-corrected chi connectivity index (χ4v) is 2.02. The number of likely N-dealkylation sites (tertiary alicyclic amines) is 1. The Labute approximate surface area is 93.4 Å². The van der Waals surface area contributed by atoms with E-state index in [-0.39, 0.29) is 18.4 Å². The highest BCUT2D eigenvalue weighted by atomic mass is 16.3. The first-order valence-corrected chi connectivity index (χ1v) is 5.41. The summed E-state index contributed by atoms with van der Waals surface area (Å²) in [5.41, 5.74) is 5.86. The summed E-state index contributed by atoms with van der Waals surface area (Å²) in [5, 5.41) is 15.4. The van der Waals surface area contributed by atoms with Crippen molar-refractivity contribution in [3.05, 3.63) is 11.8 Å². The van der Waals surface area contributed by atoms with Gasteiger partial charge in [-0.05, 0) is 18.8 Å². The van der Waals surface area contributed by atoms with E-state index in [0.717, 1.165) is 19.4 Å². The van der Waals surface area contributed by atoms with E-state index in [9.17, 15) is 4.79 Å². The Morgan fingerprint density at radius 2 is 2.56 bits per heavy atom. The lowest BCUT2D eigenvalue weighted by molar-refractivity contribution is 0.0615. The van der Waals surface area contributed by atoms with Crippen molar-refractivity contribution in [2.45, 2.75) is 12.8 Å². The molecule has 88 valence electrons. The maximum Gasteiger partial charge on any atom is 0.271 e. The lowest BCUT2D eigenvalue weighted by Crippen LogP contribution is -2.41. The molecule has 4 N–H and O–H groups in total. The molecule has 1 saturated heterocycles. The molecule has 2 heterocycles. The minimum absolute atomic E-state index is 0.0950. The Morgan fingerprint density at radius 1 is 1.75 bits per heavy atom.